The van der Waals surface area contributed by atoms with E-state index >= 15 is 0 Å². The predicted octanol–water partition coefficient (Wildman–Crippen LogP) is 5.94. The molecule has 7 heteroatoms. The molecule has 0 unspecified atom stereocenters. The van der Waals surface area contributed by atoms with E-state index in [4.69, 9.17) is 0 Å². The van der Waals surface area contributed by atoms with Gasteiger partial charge in [0.25, 0.3) is 0 Å². The van der Waals surface area contributed by atoms with Crippen molar-refractivity contribution in [2.45, 2.75) is 36.6 Å². The number of para-hydroxylation sites is 1. The van der Waals surface area contributed by atoms with E-state index in [-0.39, 0.29) is 17.9 Å². The number of aromatic nitrogens is 1. The average Bonchev–Trinajstić information content (AvgIpc) is 3.41. The zero-order chi connectivity index (χ0) is 23.5. The van der Waals surface area contributed by atoms with Crippen LogP contribution in [0.4, 0.5) is 11.4 Å². The van der Waals surface area contributed by atoms with Gasteiger partial charge in [-0.1, -0.05) is 60.3 Å². The van der Waals surface area contributed by atoms with Gasteiger partial charge in [-0.05, 0) is 55.2 Å². The summed E-state index contributed by atoms with van der Waals surface area (Å²) in [6, 6.07) is 24.1. The van der Waals surface area contributed by atoms with Crippen molar-refractivity contribution in [2.75, 3.05) is 16.0 Å². The van der Waals surface area contributed by atoms with Gasteiger partial charge in [0.1, 0.15) is 0 Å². The van der Waals surface area contributed by atoms with Crippen molar-refractivity contribution in [2.24, 2.45) is 0 Å². The van der Waals surface area contributed by atoms with Crippen molar-refractivity contribution in [1.82, 2.24) is 4.98 Å². The second-order valence-corrected chi connectivity index (χ2v) is 10.7. The molecule has 1 aliphatic rings. The SMILES string of the molecule is C[C@H]1Cc2ccccc2N1C(=O)CSc1nc2ccc(NC(=O)CCc3ccccc3)cc2s1. The molecule has 4 aromatic rings. The Labute approximate surface area is 207 Å². The molecule has 3 aromatic carbocycles. The Bertz CT molecular complexity index is 1340. The fourth-order valence-corrected chi connectivity index (χ4v) is 6.27. The quantitative estimate of drug-likeness (QED) is 0.328. The normalized spacial score (nSPS) is 14.9. The number of hydrogen-bond donors (Lipinski definition) is 1. The molecule has 0 bridgehead atoms. The molecule has 0 aliphatic carbocycles. The number of thiazole rings is 1. The van der Waals surface area contributed by atoms with Crippen LogP contribution in [0.2, 0.25) is 0 Å². The number of benzene rings is 3. The third-order valence-corrected chi connectivity index (χ3v) is 8.08. The Morgan fingerprint density at radius 3 is 2.74 bits per heavy atom. The lowest BCUT2D eigenvalue weighted by Crippen LogP contribution is -2.36. The van der Waals surface area contributed by atoms with Gasteiger partial charge in [0, 0.05) is 23.8 Å². The lowest BCUT2D eigenvalue weighted by molar-refractivity contribution is -0.117. The van der Waals surface area contributed by atoms with E-state index < -0.39 is 0 Å². The van der Waals surface area contributed by atoms with Crippen LogP contribution in [0.5, 0.6) is 0 Å². The van der Waals surface area contributed by atoms with Crippen LogP contribution in [0, 0.1) is 0 Å². The van der Waals surface area contributed by atoms with Crippen molar-refractivity contribution in [3.63, 3.8) is 0 Å². The van der Waals surface area contributed by atoms with Crippen molar-refractivity contribution in [3.8, 4) is 0 Å². The summed E-state index contributed by atoms with van der Waals surface area (Å²) in [5, 5.41) is 2.99. The fraction of sp³-hybridized carbons (Fsp3) is 0.222. The minimum absolute atomic E-state index is 0.00655. The van der Waals surface area contributed by atoms with E-state index in [0.29, 0.717) is 18.6 Å². The minimum Gasteiger partial charge on any atom is -0.326 e. The largest absolute Gasteiger partial charge is 0.326 e. The molecule has 2 amide bonds. The molecule has 1 aliphatic heterocycles. The number of thioether (sulfide) groups is 1. The fourth-order valence-electron chi connectivity index (χ4n) is 4.31. The van der Waals surface area contributed by atoms with E-state index in [0.717, 1.165) is 37.9 Å². The second kappa shape index (κ2) is 9.99. The summed E-state index contributed by atoms with van der Waals surface area (Å²) >= 11 is 3.02. The zero-order valence-corrected chi connectivity index (χ0v) is 20.5. The third kappa shape index (κ3) is 5.00. The highest BCUT2D eigenvalue weighted by Crippen LogP contribution is 2.35. The highest BCUT2D eigenvalue weighted by molar-refractivity contribution is 8.01. The predicted molar refractivity (Wildman–Crippen MR) is 141 cm³/mol. The van der Waals surface area contributed by atoms with E-state index in [2.05, 4.69) is 23.3 Å². The van der Waals surface area contributed by atoms with E-state index in [1.165, 1.54) is 17.3 Å². The number of hydrogen-bond acceptors (Lipinski definition) is 5. The minimum atomic E-state index is -0.00655. The van der Waals surface area contributed by atoms with Gasteiger partial charge in [0.05, 0.1) is 16.0 Å². The van der Waals surface area contributed by atoms with E-state index in [1.807, 2.05) is 71.6 Å². The number of rotatable bonds is 7. The highest BCUT2D eigenvalue weighted by Gasteiger charge is 2.30. The lowest BCUT2D eigenvalue weighted by Gasteiger charge is -2.22. The molecular weight excluding hydrogens is 462 g/mol. The third-order valence-electron chi connectivity index (χ3n) is 5.93. The molecular formula is C27H25N3O2S2. The molecule has 2 heterocycles. The van der Waals surface area contributed by atoms with Crippen molar-refractivity contribution < 1.29 is 9.59 Å². The lowest BCUT2D eigenvalue weighted by atomic mass is 10.1. The molecule has 0 spiro atoms. The highest BCUT2D eigenvalue weighted by atomic mass is 32.2. The Hall–Kier alpha value is -3.16. The van der Waals surface area contributed by atoms with Gasteiger partial charge in [-0.2, -0.15) is 0 Å². The van der Waals surface area contributed by atoms with Crippen LogP contribution in [0.1, 0.15) is 24.5 Å². The number of nitrogens with one attached hydrogen (secondary N) is 1. The van der Waals surface area contributed by atoms with Crippen LogP contribution < -0.4 is 10.2 Å². The van der Waals surface area contributed by atoms with Crippen LogP contribution in [0.25, 0.3) is 10.2 Å². The van der Waals surface area contributed by atoms with Gasteiger partial charge >= 0.3 is 0 Å². The molecule has 1 atom stereocenters. The Balaban J connectivity index is 1.19. The molecule has 0 radical (unpaired) electrons. The van der Waals surface area contributed by atoms with Crippen molar-refractivity contribution >= 4 is 56.5 Å². The summed E-state index contributed by atoms with van der Waals surface area (Å²) < 4.78 is 1.85. The number of carbonyl (C=O) groups is 2. The van der Waals surface area contributed by atoms with Crippen molar-refractivity contribution in [1.29, 1.82) is 0 Å². The molecule has 0 saturated carbocycles. The monoisotopic (exact) mass is 487 g/mol. The van der Waals surface area contributed by atoms with Crippen LogP contribution in [0.15, 0.2) is 77.1 Å². The summed E-state index contributed by atoms with van der Waals surface area (Å²) in [6.45, 7) is 2.09. The topological polar surface area (TPSA) is 62.3 Å². The molecule has 172 valence electrons. The summed E-state index contributed by atoms with van der Waals surface area (Å²) in [5.41, 5.74) is 5.05. The molecule has 1 aromatic heterocycles. The van der Waals surface area contributed by atoms with Crippen LogP contribution >= 0.6 is 23.1 Å². The maximum absolute atomic E-state index is 13.0. The maximum Gasteiger partial charge on any atom is 0.237 e. The van der Waals surface area contributed by atoms with Crippen LogP contribution in [-0.4, -0.2) is 28.6 Å². The van der Waals surface area contributed by atoms with Gasteiger partial charge in [0.2, 0.25) is 11.8 Å². The summed E-state index contributed by atoms with van der Waals surface area (Å²) in [5.74, 6) is 0.447. The Morgan fingerprint density at radius 2 is 1.88 bits per heavy atom. The van der Waals surface area contributed by atoms with Gasteiger partial charge in [-0.25, -0.2) is 4.98 Å². The van der Waals surface area contributed by atoms with Crippen LogP contribution in [-0.2, 0) is 22.4 Å². The summed E-state index contributed by atoms with van der Waals surface area (Å²) in [7, 11) is 0. The van der Waals surface area contributed by atoms with Gasteiger partial charge < -0.3 is 10.2 Å². The standard InChI is InChI=1S/C27H25N3O2S2/c1-18-15-20-9-5-6-10-23(20)30(18)26(32)17-33-27-29-22-13-12-21(16-24(22)34-27)28-25(31)14-11-19-7-3-2-4-8-19/h2-10,12-13,16,18H,11,14-15,17H2,1H3,(H,28,31)/t18-/m0/s1. The van der Waals surface area contributed by atoms with Gasteiger partial charge in [0.15, 0.2) is 4.34 Å². The maximum atomic E-state index is 13.0. The Kier molecular flexibility index (Phi) is 6.65. The number of anilines is 2. The second-order valence-electron chi connectivity index (χ2n) is 8.43. The first-order valence-corrected chi connectivity index (χ1v) is 13.1. The molecule has 5 rings (SSSR count). The molecule has 34 heavy (non-hydrogen) atoms. The van der Waals surface area contributed by atoms with Crippen molar-refractivity contribution in [3.05, 3.63) is 83.9 Å². The average molecular weight is 488 g/mol. The number of nitrogens with zero attached hydrogens (tertiary/aromatic N) is 2. The van der Waals surface area contributed by atoms with Gasteiger partial charge in [-0.3, -0.25) is 9.59 Å². The van der Waals surface area contributed by atoms with E-state index in [1.54, 1.807) is 11.3 Å². The zero-order valence-electron chi connectivity index (χ0n) is 18.9. The molecule has 0 saturated heterocycles. The molecule has 5 nitrogen and oxygen atoms in total. The molecule has 0 fully saturated rings. The number of amides is 2. The van der Waals surface area contributed by atoms with E-state index in [9.17, 15) is 9.59 Å². The summed E-state index contributed by atoms with van der Waals surface area (Å²) in [6.07, 6.45) is 2.05. The van der Waals surface area contributed by atoms with Gasteiger partial charge in [-0.15, -0.1) is 11.3 Å². The first-order valence-electron chi connectivity index (χ1n) is 11.3. The van der Waals surface area contributed by atoms with Crippen LogP contribution in [0.3, 0.4) is 0 Å². The number of aryl methyl sites for hydroxylation is 1. The smallest absolute Gasteiger partial charge is 0.237 e. The molecule has 1 N–H and O–H groups in total. The number of fused-ring (bicyclic) bond motifs is 2. The number of carbonyl (C=O) groups excluding carboxylic acids is 2. The first-order chi connectivity index (χ1) is 16.6. The Morgan fingerprint density at radius 1 is 1.09 bits per heavy atom. The first kappa shape index (κ1) is 22.6. The summed E-state index contributed by atoms with van der Waals surface area (Å²) in [4.78, 5) is 31.9.